The zero-order chi connectivity index (χ0) is 15.2. The molecular formula is C13H15F3O3S. The molecule has 1 aromatic rings. The van der Waals surface area contributed by atoms with Crippen molar-refractivity contribution in [2.75, 3.05) is 0 Å². The number of hydrogen-bond acceptors (Lipinski definition) is 3. The van der Waals surface area contributed by atoms with Crippen LogP contribution in [0.25, 0.3) is 0 Å². The van der Waals surface area contributed by atoms with E-state index in [0.717, 1.165) is 12.0 Å². The molecule has 0 heterocycles. The fourth-order valence-electron chi connectivity index (χ4n) is 2.37. The Morgan fingerprint density at radius 3 is 2.50 bits per heavy atom. The van der Waals surface area contributed by atoms with Gasteiger partial charge in [0.15, 0.2) is 0 Å². The molecule has 112 valence electrons. The molecule has 1 aliphatic rings. The monoisotopic (exact) mass is 308 g/mol. The van der Waals surface area contributed by atoms with Crippen LogP contribution >= 0.6 is 0 Å². The van der Waals surface area contributed by atoms with Crippen molar-refractivity contribution >= 4 is 10.1 Å². The predicted molar refractivity (Wildman–Crippen MR) is 67.9 cm³/mol. The maximum atomic E-state index is 12.4. The van der Waals surface area contributed by atoms with E-state index in [9.17, 15) is 21.6 Å². The molecule has 0 atom stereocenters. The van der Waals surface area contributed by atoms with Crippen LogP contribution in [-0.4, -0.2) is 13.9 Å². The number of benzene rings is 1. The minimum atomic E-state index is -5.61. The first-order chi connectivity index (χ1) is 9.02. The van der Waals surface area contributed by atoms with Gasteiger partial charge in [-0.15, -0.1) is 0 Å². The fourth-order valence-corrected chi connectivity index (χ4v) is 2.86. The molecule has 0 spiro atoms. The summed E-state index contributed by atoms with van der Waals surface area (Å²) in [6.07, 6.45) is 1.96. The summed E-state index contributed by atoms with van der Waals surface area (Å²) >= 11 is 0. The van der Waals surface area contributed by atoms with Gasteiger partial charge in [0, 0.05) is 0 Å². The Morgan fingerprint density at radius 2 is 1.90 bits per heavy atom. The first-order valence-corrected chi connectivity index (χ1v) is 7.54. The van der Waals surface area contributed by atoms with Crippen molar-refractivity contribution in [2.24, 2.45) is 5.41 Å². The maximum Gasteiger partial charge on any atom is 0.534 e. The Morgan fingerprint density at radius 1 is 1.25 bits per heavy atom. The summed E-state index contributed by atoms with van der Waals surface area (Å²) < 4.78 is 63.5. The summed E-state index contributed by atoms with van der Waals surface area (Å²) in [6, 6.07) is 4.57. The van der Waals surface area contributed by atoms with Crippen molar-refractivity contribution in [3.8, 4) is 5.75 Å². The average molecular weight is 308 g/mol. The average Bonchev–Trinajstić information content (AvgIpc) is 2.25. The van der Waals surface area contributed by atoms with Gasteiger partial charge in [-0.1, -0.05) is 26.0 Å². The summed E-state index contributed by atoms with van der Waals surface area (Å²) in [6.45, 7) is 4.13. The Hall–Kier alpha value is -1.24. The molecule has 0 amide bonds. The molecular weight excluding hydrogens is 293 g/mol. The Labute approximate surface area is 115 Å². The van der Waals surface area contributed by atoms with Gasteiger partial charge >= 0.3 is 15.6 Å². The van der Waals surface area contributed by atoms with Crippen molar-refractivity contribution in [3.63, 3.8) is 0 Å². The highest BCUT2D eigenvalue weighted by Crippen LogP contribution is 2.39. The lowest BCUT2D eigenvalue weighted by atomic mass is 9.74. The second-order valence-corrected chi connectivity index (χ2v) is 7.26. The van der Waals surface area contributed by atoms with Crippen LogP contribution in [0.15, 0.2) is 18.2 Å². The second-order valence-electron chi connectivity index (χ2n) is 5.72. The lowest BCUT2D eigenvalue weighted by molar-refractivity contribution is -0.0500. The standard InChI is InChI=1S/C13H15F3O3S/c1-12(2)7-6-10-9(8-12)4-3-5-11(10)19-20(17,18)13(14,15)16/h3-5H,6-8H2,1-2H3. The largest absolute Gasteiger partial charge is 0.534 e. The van der Waals surface area contributed by atoms with Crippen molar-refractivity contribution < 1.29 is 25.8 Å². The molecule has 0 aromatic heterocycles. The zero-order valence-corrected chi connectivity index (χ0v) is 11.9. The smallest absolute Gasteiger partial charge is 0.376 e. The van der Waals surface area contributed by atoms with E-state index in [4.69, 9.17) is 0 Å². The molecule has 3 nitrogen and oxygen atoms in total. The third-order valence-corrected chi connectivity index (χ3v) is 4.40. The van der Waals surface area contributed by atoms with Crippen molar-refractivity contribution in [1.29, 1.82) is 0 Å². The van der Waals surface area contributed by atoms with E-state index >= 15 is 0 Å². The lowest BCUT2D eigenvalue weighted by Gasteiger charge is -2.32. The van der Waals surface area contributed by atoms with E-state index in [-0.39, 0.29) is 11.2 Å². The summed E-state index contributed by atoms with van der Waals surface area (Å²) in [4.78, 5) is 0. The van der Waals surface area contributed by atoms with Crippen molar-refractivity contribution in [2.45, 2.75) is 38.6 Å². The van der Waals surface area contributed by atoms with Crippen LogP contribution in [0.3, 0.4) is 0 Å². The number of halogens is 3. The maximum absolute atomic E-state index is 12.4. The van der Waals surface area contributed by atoms with Crippen LogP contribution < -0.4 is 4.18 Å². The topological polar surface area (TPSA) is 43.4 Å². The molecule has 0 N–H and O–H groups in total. The van der Waals surface area contributed by atoms with Crippen LogP contribution in [0.2, 0.25) is 0 Å². The van der Waals surface area contributed by atoms with Gasteiger partial charge in [0.2, 0.25) is 0 Å². The van der Waals surface area contributed by atoms with Gasteiger partial charge in [0.1, 0.15) is 5.75 Å². The normalized spacial score (nSPS) is 18.4. The Bertz CT molecular complexity index is 618. The third-order valence-electron chi connectivity index (χ3n) is 3.43. The minimum Gasteiger partial charge on any atom is -0.376 e. The van der Waals surface area contributed by atoms with E-state index in [1.54, 1.807) is 6.07 Å². The van der Waals surface area contributed by atoms with Gasteiger partial charge in [0.05, 0.1) is 0 Å². The molecule has 0 fully saturated rings. The summed E-state index contributed by atoms with van der Waals surface area (Å²) in [5, 5.41) is 0. The third kappa shape index (κ3) is 2.92. The molecule has 0 saturated heterocycles. The highest BCUT2D eigenvalue weighted by Gasteiger charge is 2.49. The fraction of sp³-hybridized carbons (Fsp3) is 0.538. The molecule has 7 heteroatoms. The van der Waals surface area contributed by atoms with E-state index in [1.165, 1.54) is 12.1 Å². The zero-order valence-electron chi connectivity index (χ0n) is 11.1. The van der Waals surface area contributed by atoms with Crippen LogP contribution in [0.5, 0.6) is 5.75 Å². The van der Waals surface area contributed by atoms with Gasteiger partial charge in [0.25, 0.3) is 0 Å². The van der Waals surface area contributed by atoms with E-state index in [0.29, 0.717) is 18.4 Å². The molecule has 0 saturated carbocycles. The first kappa shape index (κ1) is 15.2. The molecule has 0 bridgehead atoms. The number of fused-ring (bicyclic) bond motifs is 1. The van der Waals surface area contributed by atoms with Gasteiger partial charge < -0.3 is 4.18 Å². The second kappa shape index (κ2) is 4.65. The van der Waals surface area contributed by atoms with Gasteiger partial charge in [-0.05, 0) is 41.9 Å². The van der Waals surface area contributed by atoms with Gasteiger partial charge in [-0.3, -0.25) is 0 Å². The van der Waals surface area contributed by atoms with E-state index in [2.05, 4.69) is 18.0 Å². The SMILES string of the molecule is CC1(C)CCc2c(cccc2OS(=O)(=O)C(F)(F)F)C1. The first-order valence-electron chi connectivity index (χ1n) is 6.13. The molecule has 0 radical (unpaired) electrons. The quantitative estimate of drug-likeness (QED) is 0.621. The highest BCUT2D eigenvalue weighted by atomic mass is 32.2. The van der Waals surface area contributed by atoms with Crippen LogP contribution in [0.1, 0.15) is 31.4 Å². The summed E-state index contributed by atoms with van der Waals surface area (Å²) in [5.41, 5.74) is -3.96. The molecule has 20 heavy (non-hydrogen) atoms. The number of alkyl halides is 3. The van der Waals surface area contributed by atoms with Gasteiger partial charge in [-0.2, -0.15) is 21.6 Å². The van der Waals surface area contributed by atoms with Crippen LogP contribution in [-0.2, 0) is 23.0 Å². The predicted octanol–water partition coefficient (Wildman–Crippen LogP) is 3.43. The van der Waals surface area contributed by atoms with E-state index < -0.39 is 15.6 Å². The Kier molecular flexibility index (Phi) is 3.52. The summed E-state index contributed by atoms with van der Waals surface area (Å²) in [5.74, 6) is -0.213. The van der Waals surface area contributed by atoms with Gasteiger partial charge in [-0.25, -0.2) is 0 Å². The van der Waals surface area contributed by atoms with Crippen molar-refractivity contribution in [1.82, 2.24) is 0 Å². The molecule has 1 aromatic carbocycles. The van der Waals surface area contributed by atoms with Crippen LogP contribution in [0, 0.1) is 5.41 Å². The molecule has 2 rings (SSSR count). The number of rotatable bonds is 2. The van der Waals surface area contributed by atoms with E-state index in [1.807, 2.05) is 0 Å². The molecule has 0 aliphatic heterocycles. The van der Waals surface area contributed by atoms with Crippen LogP contribution in [0.4, 0.5) is 13.2 Å². The Balaban J connectivity index is 2.37. The lowest BCUT2D eigenvalue weighted by Crippen LogP contribution is -2.29. The summed E-state index contributed by atoms with van der Waals surface area (Å²) in [7, 11) is -5.61. The van der Waals surface area contributed by atoms with Crippen molar-refractivity contribution in [3.05, 3.63) is 29.3 Å². The number of hydrogen-bond donors (Lipinski definition) is 0. The molecule has 0 unspecified atom stereocenters. The minimum absolute atomic E-state index is 0.0501. The highest BCUT2D eigenvalue weighted by molar-refractivity contribution is 7.88. The molecule has 1 aliphatic carbocycles.